The third kappa shape index (κ3) is 4.91. The summed E-state index contributed by atoms with van der Waals surface area (Å²) in [5.74, 6) is 0.0391. The number of benzene rings is 2. The summed E-state index contributed by atoms with van der Waals surface area (Å²) in [6.07, 6.45) is 4.97. The van der Waals surface area contributed by atoms with E-state index in [2.05, 4.69) is 53.6 Å². The second-order valence-electron chi connectivity index (χ2n) is 11.3. The van der Waals surface area contributed by atoms with Crippen molar-refractivity contribution in [3.63, 3.8) is 0 Å². The van der Waals surface area contributed by atoms with E-state index in [1.165, 1.54) is 5.56 Å². The van der Waals surface area contributed by atoms with E-state index in [1.54, 1.807) is 0 Å². The number of piperidine rings is 1. The Morgan fingerprint density at radius 2 is 1.72 bits per heavy atom. The summed E-state index contributed by atoms with van der Waals surface area (Å²) in [5, 5.41) is 7.56. The smallest absolute Gasteiger partial charge is 0.241 e. The zero-order valence-corrected chi connectivity index (χ0v) is 22.1. The van der Waals surface area contributed by atoms with Crippen LogP contribution < -0.4 is 15.5 Å². The van der Waals surface area contributed by atoms with Crippen LogP contribution >= 0.6 is 11.6 Å². The average Bonchev–Trinajstić information content (AvgIpc) is 3.36. The van der Waals surface area contributed by atoms with Gasteiger partial charge in [0.1, 0.15) is 0 Å². The van der Waals surface area contributed by atoms with E-state index in [9.17, 15) is 9.59 Å². The van der Waals surface area contributed by atoms with Crippen LogP contribution in [0.15, 0.2) is 54.6 Å². The number of nitrogens with one attached hydrogen (secondary N) is 2. The summed E-state index contributed by atoms with van der Waals surface area (Å²) in [7, 11) is 0. The Labute approximate surface area is 219 Å². The molecule has 0 aromatic heterocycles. The van der Waals surface area contributed by atoms with Crippen molar-refractivity contribution in [3.8, 4) is 0 Å². The number of carbonyl (C=O) groups is 2. The van der Waals surface area contributed by atoms with E-state index in [1.807, 2.05) is 35.2 Å². The van der Waals surface area contributed by atoms with Crippen LogP contribution in [0.3, 0.4) is 0 Å². The first-order valence-corrected chi connectivity index (χ1v) is 13.6. The summed E-state index contributed by atoms with van der Waals surface area (Å²) in [5.41, 5.74) is 1.45. The van der Waals surface area contributed by atoms with Gasteiger partial charge >= 0.3 is 0 Å². The molecule has 0 spiro atoms. The lowest BCUT2D eigenvalue weighted by Gasteiger charge is -2.51. The van der Waals surface area contributed by atoms with Crippen molar-refractivity contribution < 1.29 is 9.59 Å². The number of amides is 2. The molecule has 2 N–H and O–H groups in total. The van der Waals surface area contributed by atoms with Gasteiger partial charge < -0.3 is 15.5 Å². The van der Waals surface area contributed by atoms with Gasteiger partial charge in [-0.1, -0.05) is 66.9 Å². The normalized spacial score (nSPS) is 26.1. The Kier molecular flexibility index (Phi) is 7.12. The molecule has 3 fully saturated rings. The Balaban J connectivity index is 1.29. The highest BCUT2D eigenvalue weighted by molar-refractivity contribution is 6.33. The molecule has 192 valence electrons. The van der Waals surface area contributed by atoms with Crippen molar-refractivity contribution in [2.24, 2.45) is 5.92 Å². The minimum absolute atomic E-state index is 0.0444. The number of hydrogen-bond acceptors (Lipinski definition) is 4. The van der Waals surface area contributed by atoms with Crippen LogP contribution in [-0.4, -0.2) is 54.5 Å². The summed E-state index contributed by atoms with van der Waals surface area (Å²) in [4.78, 5) is 31.0. The number of carbonyl (C=O) groups excluding carboxylic acids is 2. The predicted molar refractivity (Wildman–Crippen MR) is 144 cm³/mol. The van der Waals surface area contributed by atoms with Gasteiger partial charge in [0, 0.05) is 31.2 Å². The van der Waals surface area contributed by atoms with Crippen LogP contribution in [0, 0.1) is 5.92 Å². The lowest BCUT2D eigenvalue weighted by Crippen LogP contribution is -2.67. The number of rotatable bonds is 5. The quantitative estimate of drug-likeness (QED) is 0.631. The zero-order chi connectivity index (χ0) is 25.3. The Hall–Kier alpha value is -2.41. The van der Waals surface area contributed by atoms with Crippen molar-refractivity contribution >= 4 is 29.1 Å². The largest absolute Gasteiger partial charge is 0.346 e. The fourth-order valence-electron chi connectivity index (χ4n) is 6.44. The highest BCUT2D eigenvalue weighted by Gasteiger charge is 2.45. The molecule has 0 radical (unpaired) electrons. The SMILES string of the molecule is CC1(C)CN(c2ccccc2Cl)C(=O)CN1[C@H]1CNC[C@@H](C(=O)NC2(c3ccccc3)CCCC2)C1. The zero-order valence-electron chi connectivity index (χ0n) is 21.3. The molecule has 7 heteroatoms. The lowest BCUT2D eigenvalue weighted by atomic mass is 9.85. The number of nitrogens with zero attached hydrogens (tertiary/aromatic N) is 2. The van der Waals surface area contributed by atoms with Crippen LogP contribution in [0.5, 0.6) is 0 Å². The monoisotopic (exact) mass is 508 g/mol. The molecule has 2 atom stereocenters. The van der Waals surface area contributed by atoms with Crippen LogP contribution in [0.4, 0.5) is 5.69 Å². The van der Waals surface area contributed by atoms with E-state index in [4.69, 9.17) is 11.6 Å². The molecule has 1 saturated carbocycles. The molecule has 2 saturated heterocycles. The summed E-state index contributed by atoms with van der Waals surface area (Å²) in [6, 6.07) is 18.0. The standard InChI is InChI=1S/C29H37ClN4O2/c1-28(2)20-33(25-13-7-6-12-24(25)30)26(35)19-34(28)23-16-21(17-31-18-23)27(36)32-29(14-8-9-15-29)22-10-4-3-5-11-22/h3-7,10-13,21,23,31H,8-9,14-20H2,1-2H3,(H,32,36)/t21-,23+/m0/s1. The minimum atomic E-state index is -0.263. The van der Waals surface area contributed by atoms with Gasteiger partial charge in [-0.05, 0) is 50.8 Å². The Morgan fingerprint density at radius 3 is 2.44 bits per heavy atom. The van der Waals surface area contributed by atoms with E-state index >= 15 is 0 Å². The summed E-state index contributed by atoms with van der Waals surface area (Å²) in [6.45, 7) is 6.66. The van der Waals surface area contributed by atoms with Crippen molar-refractivity contribution in [2.75, 3.05) is 31.1 Å². The maximum atomic E-state index is 13.6. The van der Waals surface area contributed by atoms with E-state index < -0.39 is 0 Å². The molecule has 5 rings (SSSR count). The molecule has 2 aromatic carbocycles. The van der Waals surface area contributed by atoms with Crippen LogP contribution in [0.2, 0.25) is 5.02 Å². The summed E-state index contributed by atoms with van der Waals surface area (Å²) < 4.78 is 0. The van der Waals surface area contributed by atoms with E-state index in [-0.39, 0.29) is 34.9 Å². The minimum Gasteiger partial charge on any atom is -0.346 e. The van der Waals surface area contributed by atoms with Crippen molar-refractivity contribution in [2.45, 2.75) is 63.1 Å². The van der Waals surface area contributed by atoms with Gasteiger partial charge in [0.2, 0.25) is 11.8 Å². The second kappa shape index (κ2) is 10.2. The molecule has 1 aliphatic carbocycles. The first-order valence-electron chi connectivity index (χ1n) is 13.2. The molecule has 6 nitrogen and oxygen atoms in total. The van der Waals surface area contributed by atoms with Crippen LogP contribution in [-0.2, 0) is 15.1 Å². The van der Waals surface area contributed by atoms with Crippen molar-refractivity contribution in [1.82, 2.24) is 15.5 Å². The fourth-order valence-corrected chi connectivity index (χ4v) is 6.68. The van der Waals surface area contributed by atoms with Crippen molar-refractivity contribution in [3.05, 3.63) is 65.2 Å². The first kappa shape index (κ1) is 25.2. The maximum Gasteiger partial charge on any atom is 0.241 e. The Morgan fingerprint density at radius 1 is 1.03 bits per heavy atom. The van der Waals surface area contributed by atoms with Gasteiger partial charge in [0.15, 0.2) is 0 Å². The van der Waals surface area contributed by atoms with Gasteiger partial charge in [-0.2, -0.15) is 0 Å². The maximum absolute atomic E-state index is 13.6. The van der Waals surface area contributed by atoms with Gasteiger partial charge in [0.05, 0.1) is 28.7 Å². The Bertz CT molecular complexity index is 1100. The molecule has 2 heterocycles. The molecule has 2 aliphatic heterocycles. The third-order valence-electron chi connectivity index (χ3n) is 8.36. The third-order valence-corrected chi connectivity index (χ3v) is 8.68. The second-order valence-corrected chi connectivity index (χ2v) is 11.7. The van der Waals surface area contributed by atoms with Gasteiger partial charge in [-0.25, -0.2) is 0 Å². The van der Waals surface area contributed by atoms with Gasteiger partial charge in [-0.15, -0.1) is 0 Å². The highest BCUT2D eigenvalue weighted by Crippen LogP contribution is 2.39. The fraction of sp³-hybridized carbons (Fsp3) is 0.517. The summed E-state index contributed by atoms with van der Waals surface area (Å²) >= 11 is 6.42. The van der Waals surface area contributed by atoms with Crippen LogP contribution in [0.25, 0.3) is 0 Å². The van der Waals surface area contributed by atoms with E-state index in [0.29, 0.717) is 24.7 Å². The molecule has 0 bridgehead atoms. The number of halogens is 1. The van der Waals surface area contributed by atoms with Crippen molar-refractivity contribution in [1.29, 1.82) is 0 Å². The van der Waals surface area contributed by atoms with Gasteiger partial charge in [-0.3, -0.25) is 14.5 Å². The number of anilines is 1. The number of para-hydroxylation sites is 1. The lowest BCUT2D eigenvalue weighted by molar-refractivity contribution is -0.130. The number of piperazine rings is 1. The molecular formula is C29H37ClN4O2. The molecule has 2 amide bonds. The molecule has 3 aliphatic rings. The predicted octanol–water partition coefficient (Wildman–Crippen LogP) is 4.33. The number of hydrogen-bond donors (Lipinski definition) is 2. The molecule has 0 unspecified atom stereocenters. The average molecular weight is 509 g/mol. The topological polar surface area (TPSA) is 64.7 Å². The molecule has 36 heavy (non-hydrogen) atoms. The molecular weight excluding hydrogens is 472 g/mol. The van der Waals surface area contributed by atoms with Crippen LogP contribution in [0.1, 0.15) is 51.5 Å². The van der Waals surface area contributed by atoms with E-state index in [0.717, 1.165) is 44.3 Å². The van der Waals surface area contributed by atoms with Gasteiger partial charge in [0.25, 0.3) is 0 Å². The first-order chi connectivity index (χ1) is 17.3. The highest BCUT2D eigenvalue weighted by atomic mass is 35.5. The molecule has 2 aromatic rings.